The van der Waals surface area contributed by atoms with Crippen LogP contribution in [0.15, 0.2) is 47.5 Å². The van der Waals surface area contributed by atoms with Gasteiger partial charge in [0.15, 0.2) is 0 Å². The molecule has 1 fully saturated rings. The number of carboxylic acid groups (broad SMARTS) is 1. The number of carbonyl (C=O) groups is 2. The van der Waals surface area contributed by atoms with E-state index in [0.717, 1.165) is 5.56 Å². The number of ether oxygens (including phenoxy) is 1. The summed E-state index contributed by atoms with van der Waals surface area (Å²) in [6.07, 6.45) is 1.92. The van der Waals surface area contributed by atoms with Crippen molar-refractivity contribution in [3.8, 4) is 5.75 Å². The van der Waals surface area contributed by atoms with Crippen molar-refractivity contribution in [3.05, 3.63) is 53.6 Å². The predicted molar refractivity (Wildman–Crippen MR) is 101 cm³/mol. The topological polar surface area (TPSA) is 126 Å². The van der Waals surface area contributed by atoms with Crippen LogP contribution in [0.2, 0.25) is 0 Å². The summed E-state index contributed by atoms with van der Waals surface area (Å²) >= 11 is 0. The molecule has 2 aromatic carbocycles. The van der Waals surface area contributed by atoms with Gasteiger partial charge in [0.05, 0.1) is 18.7 Å². The van der Waals surface area contributed by atoms with Crippen LogP contribution in [0.4, 0.5) is 11.4 Å². The number of hydrazine groups is 1. The summed E-state index contributed by atoms with van der Waals surface area (Å²) in [5.74, 6) is 4.20. The minimum atomic E-state index is -0.799. The highest BCUT2D eigenvalue weighted by Gasteiger charge is 2.45. The van der Waals surface area contributed by atoms with Gasteiger partial charge in [0.2, 0.25) is 0 Å². The van der Waals surface area contributed by atoms with Crippen LogP contribution in [0, 0.1) is 5.92 Å². The second kappa shape index (κ2) is 7.88. The number of hydrogen-bond acceptors (Lipinski definition) is 5. The van der Waals surface area contributed by atoms with Gasteiger partial charge in [-0.05, 0) is 36.2 Å². The molecule has 3 rings (SSSR count). The van der Waals surface area contributed by atoms with E-state index in [9.17, 15) is 9.59 Å². The van der Waals surface area contributed by atoms with Gasteiger partial charge in [-0.3, -0.25) is 9.59 Å². The van der Waals surface area contributed by atoms with Gasteiger partial charge in [-0.15, -0.1) is 0 Å². The first-order chi connectivity index (χ1) is 13.0. The Balaban J connectivity index is 1.75. The maximum Gasteiger partial charge on any atom is 0.307 e. The van der Waals surface area contributed by atoms with Crippen LogP contribution in [0.3, 0.4) is 0 Å². The Hall–Kier alpha value is -3.39. The monoisotopic (exact) mass is 368 g/mol. The van der Waals surface area contributed by atoms with Gasteiger partial charge in [-0.25, -0.2) is 10.8 Å². The SMILES string of the molecule is COc1cc(NC(=O)c2cccc(N=CNN)c2)ccc1C1CC1C(=O)O. The van der Waals surface area contributed by atoms with Crippen molar-refractivity contribution in [2.75, 3.05) is 12.4 Å². The quantitative estimate of drug-likeness (QED) is 0.257. The minimum Gasteiger partial charge on any atom is -0.496 e. The van der Waals surface area contributed by atoms with Gasteiger partial charge in [0, 0.05) is 23.2 Å². The number of aliphatic imine (C=N–C) groups is 1. The molecular formula is C19H20N4O4. The maximum atomic E-state index is 12.5. The molecule has 2 atom stereocenters. The number of methoxy groups -OCH3 is 1. The summed E-state index contributed by atoms with van der Waals surface area (Å²) < 4.78 is 5.38. The van der Waals surface area contributed by atoms with Crippen molar-refractivity contribution in [3.63, 3.8) is 0 Å². The molecule has 0 saturated heterocycles. The molecule has 8 heteroatoms. The summed E-state index contributed by atoms with van der Waals surface area (Å²) in [6, 6.07) is 12.0. The van der Waals surface area contributed by atoms with E-state index in [1.54, 1.807) is 42.5 Å². The fourth-order valence-corrected chi connectivity index (χ4v) is 2.95. The van der Waals surface area contributed by atoms with E-state index >= 15 is 0 Å². The molecule has 1 aliphatic carbocycles. The summed E-state index contributed by atoms with van der Waals surface area (Å²) in [6.45, 7) is 0. The number of anilines is 1. The molecule has 0 heterocycles. The minimum absolute atomic E-state index is 0.0482. The van der Waals surface area contributed by atoms with E-state index < -0.39 is 5.97 Å². The van der Waals surface area contributed by atoms with E-state index in [1.807, 2.05) is 0 Å². The third kappa shape index (κ3) is 4.24. The van der Waals surface area contributed by atoms with Crippen molar-refractivity contribution >= 4 is 29.6 Å². The Kier molecular flexibility index (Phi) is 5.37. The fourth-order valence-electron chi connectivity index (χ4n) is 2.95. The number of nitrogens with one attached hydrogen (secondary N) is 2. The molecule has 2 unspecified atom stereocenters. The third-order valence-electron chi connectivity index (χ3n) is 4.39. The third-order valence-corrected chi connectivity index (χ3v) is 4.39. The molecule has 0 aromatic heterocycles. The molecule has 1 amide bonds. The number of carbonyl (C=O) groups excluding carboxylic acids is 1. The summed E-state index contributed by atoms with van der Waals surface area (Å²) in [4.78, 5) is 27.6. The Bertz CT molecular complexity index is 897. The molecule has 8 nitrogen and oxygen atoms in total. The number of carboxylic acids is 1. The number of nitrogens with zero attached hydrogens (tertiary/aromatic N) is 1. The smallest absolute Gasteiger partial charge is 0.307 e. The maximum absolute atomic E-state index is 12.5. The number of benzene rings is 2. The predicted octanol–water partition coefficient (Wildman–Crippen LogP) is 2.26. The number of aliphatic carboxylic acids is 1. The Morgan fingerprint density at radius 3 is 2.78 bits per heavy atom. The molecule has 5 N–H and O–H groups in total. The molecular weight excluding hydrogens is 348 g/mol. The molecule has 0 bridgehead atoms. The van der Waals surface area contributed by atoms with Gasteiger partial charge in [-0.1, -0.05) is 12.1 Å². The molecule has 140 valence electrons. The van der Waals surface area contributed by atoms with Crippen LogP contribution >= 0.6 is 0 Å². The Labute approximate surface area is 156 Å². The van der Waals surface area contributed by atoms with E-state index in [4.69, 9.17) is 15.7 Å². The lowest BCUT2D eigenvalue weighted by Crippen LogP contribution is -2.18. The lowest BCUT2D eigenvalue weighted by molar-refractivity contribution is -0.138. The first-order valence-corrected chi connectivity index (χ1v) is 8.34. The number of rotatable bonds is 7. The van der Waals surface area contributed by atoms with Crippen molar-refractivity contribution < 1.29 is 19.4 Å². The lowest BCUT2D eigenvalue weighted by atomic mass is 10.1. The van der Waals surface area contributed by atoms with Crippen LogP contribution in [-0.4, -0.2) is 30.4 Å². The van der Waals surface area contributed by atoms with Crippen LogP contribution in [-0.2, 0) is 4.79 Å². The van der Waals surface area contributed by atoms with E-state index in [0.29, 0.717) is 29.1 Å². The molecule has 27 heavy (non-hydrogen) atoms. The van der Waals surface area contributed by atoms with Crippen molar-refractivity contribution in [2.24, 2.45) is 16.8 Å². The van der Waals surface area contributed by atoms with Gasteiger partial charge in [-0.2, -0.15) is 0 Å². The van der Waals surface area contributed by atoms with Crippen molar-refractivity contribution in [1.29, 1.82) is 0 Å². The lowest BCUT2D eigenvalue weighted by Gasteiger charge is -2.11. The van der Waals surface area contributed by atoms with Crippen LogP contribution < -0.4 is 21.3 Å². The number of nitrogens with two attached hydrogens (primary N) is 1. The molecule has 0 aliphatic heterocycles. The molecule has 0 spiro atoms. The van der Waals surface area contributed by atoms with Gasteiger partial charge >= 0.3 is 5.97 Å². The van der Waals surface area contributed by atoms with Gasteiger partial charge < -0.3 is 20.6 Å². The highest BCUT2D eigenvalue weighted by atomic mass is 16.5. The highest BCUT2D eigenvalue weighted by molar-refractivity contribution is 6.04. The van der Waals surface area contributed by atoms with E-state index in [2.05, 4.69) is 15.7 Å². The Morgan fingerprint density at radius 2 is 2.11 bits per heavy atom. The molecule has 1 aliphatic rings. The van der Waals surface area contributed by atoms with E-state index in [-0.39, 0.29) is 17.7 Å². The van der Waals surface area contributed by atoms with Crippen molar-refractivity contribution in [1.82, 2.24) is 5.43 Å². The van der Waals surface area contributed by atoms with Crippen LogP contribution in [0.25, 0.3) is 0 Å². The first kappa shape index (κ1) is 18.4. The molecule has 1 saturated carbocycles. The average Bonchev–Trinajstić information content (AvgIpc) is 3.47. The standard InChI is InChI=1S/C19H20N4O4/c1-27-17-8-13(5-6-14(17)15-9-16(15)19(25)26)23-18(24)11-3-2-4-12(7-11)21-10-22-20/h2-8,10,15-16H,9,20H2,1H3,(H,21,22)(H,23,24)(H,25,26). The summed E-state index contributed by atoms with van der Waals surface area (Å²) in [5, 5.41) is 11.9. The zero-order valence-corrected chi connectivity index (χ0v) is 14.7. The van der Waals surface area contributed by atoms with Gasteiger partial charge in [0.1, 0.15) is 12.1 Å². The van der Waals surface area contributed by atoms with E-state index in [1.165, 1.54) is 13.4 Å². The summed E-state index contributed by atoms with van der Waals surface area (Å²) in [7, 11) is 1.52. The van der Waals surface area contributed by atoms with Gasteiger partial charge in [0.25, 0.3) is 5.91 Å². The number of hydrogen-bond donors (Lipinski definition) is 4. The normalized spacial score (nSPS) is 18.1. The fraction of sp³-hybridized carbons (Fsp3) is 0.211. The van der Waals surface area contributed by atoms with Crippen molar-refractivity contribution in [2.45, 2.75) is 12.3 Å². The summed E-state index contributed by atoms with van der Waals surface area (Å²) in [5.41, 5.74) is 4.73. The largest absolute Gasteiger partial charge is 0.496 e. The molecule has 0 radical (unpaired) electrons. The van der Waals surface area contributed by atoms with Crippen LogP contribution in [0.1, 0.15) is 28.3 Å². The second-order valence-electron chi connectivity index (χ2n) is 6.17. The second-order valence-corrected chi connectivity index (χ2v) is 6.17. The number of amides is 1. The molecule has 2 aromatic rings. The zero-order chi connectivity index (χ0) is 19.4. The first-order valence-electron chi connectivity index (χ1n) is 8.34. The van der Waals surface area contributed by atoms with Crippen LogP contribution in [0.5, 0.6) is 5.75 Å². The Morgan fingerprint density at radius 1 is 1.30 bits per heavy atom. The zero-order valence-electron chi connectivity index (χ0n) is 14.7. The highest BCUT2D eigenvalue weighted by Crippen LogP contribution is 2.50. The average molecular weight is 368 g/mol.